The molecule has 0 aliphatic carbocycles. The van der Waals surface area contributed by atoms with E-state index in [4.69, 9.17) is 4.42 Å². The van der Waals surface area contributed by atoms with Crippen LogP contribution in [0.5, 0.6) is 0 Å². The van der Waals surface area contributed by atoms with Crippen molar-refractivity contribution in [3.05, 3.63) is 258 Å². The third-order valence-corrected chi connectivity index (χ3v) is 22.7. The lowest BCUT2D eigenvalue weighted by molar-refractivity contribution is 0.568. The van der Waals surface area contributed by atoms with Gasteiger partial charge in [-0.15, -0.1) is 0 Å². The second-order valence-corrected chi connectivity index (χ2v) is 36.0. The van der Waals surface area contributed by atoms with Gasteiger partial charge in [-0.05, 0) is 201 Å². The van der Waals surface area contributed by atoms with Gasteiger partial charge in [0.2, 0.25) is 0 Å². The lowest BCUT2D eigenvalue weighted by Crippen LogP contribution is -2.16. The van der Waals surface area contributed by atoms with Crippen LogP contribution in [0.25, 0.3) is 170 Å². The highest BCUT2D eigenvalue weighted by Crippen LogP contribution is 2.53. The Bertz CT molecular complexity index is 6430. The molecule has 0 aliphatic rings. The molecule has 0 saturated carbocycles. The van der Waals surface area contributed by atoms with Crippen molar-refractivity contribution in [2.75, 3.05) is 0 Å². The molecule has 0 amide bonds. The zero-order valence-electron chi connectivity index (χ0n) is 62.6. The number of fused-ring (bicyclic) bond motifs is 18. The summed E-state index contributed by atoms with van der Waals surface area (Å²) in [5.41, 5.74) is 32.0. The molecule has 4 nitrogen and oxygen atoms in total. The summed E-state index contributed by atoms with van der Waals surface area (Å²) in [6.45, 7) is 42.4. The van der Waals surface area contributed by atoms with Crippen molar-refractivity contribution in [3.8, 4) is 61.3 Å². The van der Waals surface area contributed by atoms with Gasteiger partial charge in [-0.25, -0.2) is 0 Å². The van der Waals surface area contributed by atoms with Crippen LogP contribution in [0, 0.1) is 0 Å². The Balaban J connectivity index is 1.03. The third-order valence-electron chi connectivity index (χ3n) is 22.7. The number of para-hydroxylation sites is 2. The molecule has 18 rings (SSSR count). The van der Waals surface area contributed by atoms with Crippen molar-refractivity contribution < 1.29 is 4.42 Å². The summed E-state index contributed by atoms with van der Waals surface area (Å²) < 4.78 is 14.9. The Morgan fingerprint density at radius 1 is 0.235 bits per heavy atom. The standard InChI is InChI=1S/C98H91N3O/c1-93(2,3)65-39-59(40-66(53-65)94(4,5)6)62-47-75(58-35-37-83-76(46-58)72-31-22-24-33-82(72)99(83)71-30-26-29-57(45-71)56-27-20-19-21-28-56)87-78(49-62)79-50-63(60-41-67(95(7,8)9)54-68(42-60)96(10,11)12)48-77-73-36-38-84-86(90(73)101(87)88(77)79)80-51-64(61-43-69(97(13,14)15)55-70(44-61)98(16,17)18)52-81-89(80)100(84)91-74-32-23-25-34-85(74)102-92(81)91/h19-55H,1-18H3. The molecule has 0 aliphatic heterocycles. The number of rotatable bonds is 6. The Morgan fingerprint density at radius 2 is 0.667 bits per heavy atom. The molecule has 0 spiro atoms. The number of aromatic nitrogens is 3. The third kappa shape index (κ3) is 9.82. The molecular weight excluding hydrogens is 1240 g/mol. The molecule has 0 radical (unpaired) electrons. The quantitative estimate of drug-likeness (QED) is 0.163. The summed E-state index contributed by atoms with van der Waals surface area (Å²) >= 11 is 0. The van der Waals surface area contributed by atoms with Gasteiger partial charge in [-0.2, -0.15) is 0 Å². The minimum atomic E-state index is -0.0959. The van der Waals surface area contributed by atoms with Crippen molar-refractivity contribution in [3.63, 3.8) is 0 Å². The highest BCUT2D eigenvalue weighted by molar-refractivity contribution is 6.36. The topological polar surface area (TPSA) is 26.9 Å². The minimum absolute atomic E-state index is 0.0779. The highest BCUT2D eigenvalue weighted by Gasteiger charge is 2.32. The summed E-state index contributed by atoms with van der Waals surface area (Å²) in [4.78, 5) is 0. The van der Waals surface area contributed by atoms with Gasteiger partial charge in [0.1, 0.15) is 11.1 Å². The van der Waals surface area contributed by atoms with Gasteiger partial charge in [0.25, 0.3) is 0 Å². The molecular formula is C98H91N3O. The molecule has 0 bridgehead atoms. The Morgan fingerprint density at radius 3 is 1.24 bits per heavy atom. The molecule has 504 valence electrons. The van der Waals surface area contributed by atoms with Crippen LogP contribution in [-0.2, 0) is 32.5 Å². The van der Waals surface area contributed by atoms with Crippen molar-refractivity contribution in [2.45, 2.75) is 157 Å². The minimum Gasteiger partial charge on any atom is -0.454 e. The molecule has 6 heterocycles. The van der Waals surface area contributed by atoms with Crippen molar-refractivity contribution in [1.82, 2.24) is 13.4 Å². The van der Waals surface area contributed by atoms with Gasteiger partial charge in [0.05, 0.1) is 38.6 Å². The molecule has 102 heavy (non-hydrogen) atoms. The molecule has 0 saturated heterocycles. The lowest BCUT2D eigenvalue weighted by atomic mass is 9.78. The van der Waals surface area contributed by atoms with E-state index < -0.39 is 0 Å². The lowest BCUT2D eigenvalue weighted by Gasteiger charge is -2.26. The maximum Gasteiger partial charge on any atom is 0.161 e. The van der Waals surface area contributed by atoms with Gasteiger partial charge in [0, 0.05) is 65.1 Å². The van der Waals surface area contributed by atoms with Gasteiger partial charge in [-0.1, -0.05) is 264 Å². The molecule has 0 unspecified atom stereocenters. The monoisotopic (exact) mass is 1330 g/mol. The summed E-state index contributed by atoms with van der Waals surface area (Å²) in [5, 5.41) is 12.1. The number of furan rings is 1. The summed E-state index contributed by atoms with van der Waals surface area (Å²) in [7, 11) is 0. The maximum atomic E-state index is 7.13. The fourth-order valence-corrected chi connectivity index (χ4v) is 16.8. The molecule has 0 fully saturated rings. The van der Waals surface area contributed by atoms with Crippen molar-refractivity contribution in [1.29, 1.82) is 0 Å². The van der Waals surface area contributed by atoms with Gasteiger partial charge in [0.15, 0.2) is 5.58 Å². The SMILES string of the molecule is CC(C)(C)c1cc(-c2cc(-c3ccc4c(c3)c3ccccc3n4-c3cccc(-c4ccccc4)c3)c3c(c2)c2cc(-c4cc(C(C)(C)C)cc(C(C)(C)C)c4)cc4c5ccc6c(c7cc(-c8cc(C(C)(C)C)cc(C(C)(C)C)c8)cc8c9oc%10ccccc%10c9n6c87)c5n3c24)cc(C(C)(C)C)c1. The zero-order valence-corrected chi connectivity index (χ0v) is 62.6. The molecule has 4 heteroatoms. The van der Waals surface area contributed by atoms with Crippen molar-refractivity contribution in [2.24, 2.45) is 0 Å². The van der Waals surface area contributed by atoms with Gasteiger partial charge < -0.3 is 17.8 Å². The summed E-state index contributed by atoms with van der Waals surface area (Å²) in [6.07, 6.45) is 0. The number of nitrogens with zero attached hydrogens (tertiary/aromatic N) is 3. The number of benzene rings is 12. The average Bonchev–Trinajstić information content (AvgIpc) is 1.50. The molecule has 0 N–H and O–H groups in total. The molecule has 18 aromatic rings. The van der Waals surface area contributed by atoms with Gasteiger partial charge >= 0.3 is 0 Å². The summed E-state index contributed by atoms with van der Waals surface area (Å²) in [5.74, 6) is 0. The second kappa shape index (κ2) is 21.6. The smallest absolute Gasteiger partial charge is 0.161 e. The van der Waals surface area contributed by atoms with Crippen LogP contribution in [0.4, 0.5) is 0 Å². The fourth-order valence-electron chi connectivity index (χ4n) is 16.8. The second-order valence-electron chi connectivity index (χ2n) is 36.0. The first-order valence-corrected chi connectivity index (χ1v) is 36.9. The van der Waals surface area contributed by atoms with Crippen LogP contribution in [0.3, 0.4) is 0 Å². The van der Waals surface area contributed by atoms with Gasteiger partial charge in [-0.3, -0.25) is 0 Å². The van der Waals surface area contributed by atoms with Crippen molar-refractivity contribution >= 4 is 109 Å². The Kier molecular flexibility index (Phi) is 13.5. The Labute approximate surface area is 599 Å². The van der Waals surface area contributed by atoms with E-state index in [1.807, 2.05) is 0 Å². The highest BCUT2D eigenvalue weighted by atomic mass is 16.3. The van der Waals surface area contributed by atoms with E-state index in [0.717, 1.165) is 33.1 Å². The fraction of sp³-hybridized carbons (Fsp3) is 0.245. The molecule has 6 aromatic heterocycles. The predicted octanol–water partition coefficient (Wildman–Crippen LogP) is 28.0. The number of hydrogen-bond acceptors (Lipinski definition) is 1. The van der Waals surface area contributed by atoms with E-state index in [2.05, 4.69) is 362 Å². The zero-order chi connectivity index (χ0) is 71.0. The van der Waals surface area contributed by atoms with Crippen LogP contribution in [-0.4, -0.2) is 13.4 Å². The van der Waals surface area contributed by atoms with Crippen LogP contribution < -0.4 is 0 Å². The van der Waals surface area contributed by atoms with Crippen LogP contribution >= 0.6 is 0 Å². The van der Waals surface area contributed by atoms with E-state index in [9.17, 15) is 0 Å². The first-order chi connectivity index (χ1) is 48.3. The van der Waals surface area contributed by atoms with Crippen LogP contribution in [0.15, 0.2) is 229 Å². The first-order valence-electron chi connectivity index (χ1n) is 36.9. The first kappa shape index (κ1) is 63.7. The summed E-state index contributed by atoms with van der Waals surface area (Å²) in [6, 6.07) is 87.2. The molecule has 0 atom stereocenters. The van der Waals surface area contributed by atoms with E-state index in [0.29, 0.717) is 0 Å². The number of hydrogen-bond donors (Lipinski definition) is 0. The van der Waals surface area contributed by atoms with E-state index in [1.54, 1.807) is 0 Å². The molecule has 12 aromatic carbocycles. The van der Waals surface area contributed by atoms with E-state index >= 15 is 0 Å². The van der Waals surface area contributed by atoms with E-state index in [-0.39, 0.29) is 32.5 Å². The maximum absolute atomic E-state index is 7.13. The van der Waals surface area contributed by atoms with Crippen LogP contribution in [0.1, 0.15) is 158 Å². The van der Waals surface area contributed by atoms with E-state index in [1.165, 1.54) is 171 Å². The Hall–Kier alpha value is -10.4. The van der Waals surface area contributed by atoms with Crippen LogP contribution in [0.2, 0.25) is 0 Å². The average molecular weight is 1330 g/mol. The normalized spacial score (nSPS) is 13.4. The predicted molar refractivity (Wildman–Crippen MR) is 439 cm³/mol. The largest absolute Gasteiger partial charge is 0.454 e.